The summed E-state index contributed by atoms with van der Waals surface area (Å²) in [6, 6.07) is 0. The molecule has 2 amide bonds. The molecule has 0 aliphatic carbocycles. The highest BCUT2D eigenvalue weighted by atomic mass is 16.2. The van der Waals surface area contributed by atoms with Gasteiger partial charge < -0.3 is 0 Å². The van der Waals surface area contributed by atoms with Crippen molar-refractivity contribution in [1.29, 1.82) is 0 Å². The van der Waals surface area contributed by atoms with E-state index in [4.69, 9.17) is 11.7 Å². The van der Waals surface area contributed by atoms with E-state index in [9.17, 15) is 9.59 Å². The quantitative estimate of drug-likeness (QED) is 0.175. The number of hydrogen-bond acceptors (Lipinski definition) is 4. The molecule has 0 aromatic carbocycles. The Morgan fingerprint density at radius 1 is 1.25 bits per heavy atom. The molecule has 12 heavy (non-hydrogen) atoms. The van der Waals surface area contributed by atoms with E-state index in [1.165, 1.54) is 12.2 Å². The number of hydrogen-bond donors (Lipinski definition) is 4. The van der Waals surface area contributed by atoms with E-state index in [0.29, 0.717) is 6.42 Å². The molecule has 0 rings (SSSR count). The SMILES string of the molecule is NNC(=O)C=CCCC(=O)NN. The highest BCUT2D eigenvalue weighted by Gasteiger charge is 1.94. The van der Waals surface area contributed by atoms with Crippen molar-refractivity contribution in [2.45, 2.75) is 12.8 Å². The lowest BCUT2D eigenvalue weighted by atomic mass is 10.3. The normalized spacial score (nSPS) is 9.83. The zero-order valence-corrected chi connectivity index (χ0v) is 6.54. The first kappa shape index (κ1) is 10.6. The van der Waals surface area contributed by atoms with Crippen LogP contribution in [0.5, 0.6) is 0 Å². The summed E-state index contributed by atoms with van der Waals surface area (Å²) in [4.78, 5) is 21.0. The van der Waals surface area contributed by atoms with Crippen molar-refractivity contribution in [2.75, 3.05) is 0 Å². The molecule has 0 aromatic rings. The summed E-state index contributed by atoms with van der Waals surface area (Å²) >= 11 is 0. The lowest BCUT2D eigenvalue weighted by molar-refractivity contribution is -0.121. The van der Waals surface area contributed by atoms with Crippen molar-refractivity contribution < 1.29 is 9.59 Å². The fourth-order valence-corrected chi connectivity index (χ4v) is 0.525. The third-order valence-electron chi connectivity index (χ3n) is 1.11. The average molecular weight is 172 g/mol. The maximum absolute atomic E-state index is 10.5. The van der Waals surface area contributed by atoms with Gasteiger partial charge in [-0.1, -0.05) is 6.08 Å². The van der Waals surface area contributed by atoms with Crippen LogP contribution in [0.1, 0.15) is 12.8 Å². The van der Waals surface area contributed by atoms with Gasteiger partial charge in [0, 0.05) is 12.5 Å². The van der Waals surface area contributed by atoms with Crippen molar-refractivity contribution in [3.05, 3.63) is 12.2 Å². The molecule has 6 nitrogen and oxygen atoms in total. The molecule has 0 aliphatic heterocycles. The Labute approximate surface area is 69.9 Å². The number of nitrogens with two attached hydrogens (primary N) is 2. The van der Waals surface area contributed by atoms with Crippen LogP contribution in [-0.4, -0.2) is 11.8 Å². The summed E-state index contributed by atoms with van der Waals surface area (Å²) in [6.45, 7) is 0. The molecule has 0 aliphatic rings. The third-order valence-corrected chi connectivity index (χ3v) is 1.11. The summed E-state index contributed by atoms with van der Waals surface area (Å²) in [5.41, 5.74) is 3.89. The van der Waals surface area contributed by atoms with Crippen LogP contribution in [0.3, 0.4) is 0 Å². The van der Waals surface area contributed by atoms with Crippen LogP contribution >= 0.6 is 0 Å². The van der Waals surface area contributed by atoms with E-state index in [-0.39, 0.29) is 12.3 Å². The highest BCUT2D eigenvalue weighted by Crippen LogP contribution is 1.89. The predicted octanol–water partition coefficient (Wildman–Crippen LogP) is -1.70. The number of allylic oxidation sites excluding steroid dienone is 1. The van der Waals surface area contributed by atoms with Gasteiger partial charge in [-0.15, -0.1) is 0 Å². The third kappa shape index (κ3) is 5.39. The van der Waals surface area contributed by atoms with Crippen molar-refractivity contribution in [1.82, 2.24) is 10.9 Å². The number of hydrazine groups is 2. The van der Waals surface area contributed by atoms with Crippen LogP contribution in [0.4, 0.5) is 0 Å². The maximum Gasteiger partial charge on any atom is 0.257 e. The maximum atomic E-state index is 10.5. The van der Waals surface area contributed by atoms with Crippen LogP contribution < -0.4 is 22.5 Å². The van der Waals surface area contributed by atoms with Gasteiger partial charge in [-0.3, -0.25) is 20.4 Å². The average Bonchev–Trinajstić information content (AvgIpc) is 2.11. The van der Waals surface area contributed by atoms with E-state index in [2.05, 4.69) is 0 Å². The largest absolute Gasteiger partial charge is 0.294 e. The number of carbonyl (C=O) groups is 2. The topological polar surface area (TPSA) is 110 Å². The molecule has 0 bridgehead atoms. The molecule has 6 heteroatoms. The molecule has 0 atom stereocenters. The van der Waals surface area contributed by atoms with Gasteiger partial charge in [0.05, 0.1) is 0 Å². The Balaban J connectivity index is 3.48. The second-order valence-corrected chi connectivity index (χ2v) is 2.02. The Morgan fingerprint density at radius 3 is 2.42 bits per heavy atom. The molecular formula is C6H12N4O2. The van der Waals surface area contributed by atoms with Gasteiger partial charge in [0.15, 0.2) is 0 Å². The Kier molecular flexibility index (Phi) is 5.58. The minimum atomic E-state index is -0.400. The molecule has 0 unspecified atom stereocenters. The van der Waals surface area contributed by atoms with E-state index in [1.807, 2.05) is 10.9 Å². The van der Waals surface area contributed by atoms with E-state index in [1.54, 1.807) is 0 Å². The van der Waals surface area contributed by atoms with Gasteiger partial charge in [-0.05, 0) is 6.42 Å². The fourth-order valence-electron chi connectivity index (χ4n) is 0.525. The molecule has 6 N–H and O–H groups in total. The van der Waals surface area contributed by atoms with E-state index < -0.39 is 5.91 Å². The van der Waals surface area contributed by atoms with Crippen molar-refractivity contribution in [2.24, 2.45) is 11.7 Å². The fraction of sp³-hybridized carbons (Fsp3) is 0.333. The van der Waals surface area contributed by atoms with E-state index >= 15 is 0 Å². The first-order valence-electron chi connectivity index (χ1n) is 3.37. The molecule has 0 saturated carbocycles. The second kappa shape index (κ2) is 6.32. The minimum absolute atomic E-state index is 0.255. The predicted molar refractivity (Wildman–Crippen MR) is 43.0 cm³/mol. The molecular weight excluding hydrogens is 160 g/mol. The summed E-state index contributed by atoms with van der Waals surface area (Å²) in [5.74, 6) is 8.94. The summed E-state index contributed by atoms with van der Waals surface area (Å²) in [7, 11) is 0. The smallest absolute Gasteiger partial charge is 0.257 e. The molecule has 0 saturated heterocycles. The van der Waals surface area contributed by atoms with Crippen LogP contribution in [0.2, 0.25) is 0 Å². The van der Waals surface area contributed by atoms with Crippen molar-refractivity contribution >= 4 is 11.8 Å². The number of carbonyl (C=O) groups excluding carboxylic acids is 2. The van der Waals surface area contributed by atoms with Crippen LogP contribution in [-0.2, 0) is 9.59 Å². The summed E-state index contributed by atoms with van der Waals surface area (Å²) in [5, 5.41) is 0. The first-order valence-corrected chi connectivity index (χ1v) is 3.37. The van der Waals surface area contributed by atoms with Crippen molar-refractivity contribution in [3.8, 4) is 0 Å². The standard InChI is InChI=1S/C6H12N4O2/c7-9-5(11)3-1-2-4-6(12)10-8/h1,3H,2,4,7-8H2,(H,9,11)(H,10,12). The van der Waals surface area contributed by atoms with Gasteiger partial charge in [-0.25, -0.2) is 11.7 Å². The molecule has 68 valence electrons. The zero-order chi connectivity index (χ0) is 9.40. The highest BCUT2D eigenvalue weighted by molar-refractivity contribution is 5.86. The Bertz CT molecular complexity index is 190. The summed E-state index contributed by atoms with van der Waals surface area (Å²) in [6.07, 6.45) is 3.50. The number of rotatable bonds is 4. The van der Waals surface area contributed by atoms with Crippen molar-refractivity contribution in [3.63, 3.8) is 0 Å². The molecule has 0 fully saturated rings. The lowest BCUT2D eigenvalue weighted by Crippen LogP contribution is -2.29. The lowest BCUT2D eigenvalue weighted by Gasteiger charge is -1.94. The number of nitrogens with one attached hydrogen (secondary N) is 2. The van der Waals surface area contributed by atoms with Gasteiger partial charge in [0.1, 0.15) is 0 Å². The monoisotopic (exact) mass is 172 g/mol. The summed E-state index contributed by atoms with van der Waals surface area (Å²) < 4.78 is 0. The molecule has 0 heterocycles. The Morgan fingerprint density at radius 2 is 1.92 bits per heavy atom. The van der Waals surface area contributed by atoms with Gasteiger partial charge in [-0.2, -0.15) is 0 Å². The first-order chi connectivity index (χ1) is 5.70. The zero-order valence-electron chi connectivity index (χ0n) is 6.54. The van der Waals surface area contributed by atoms with Gasteiger partial charge in [0.25, 0.3) is 5.91 Å². The molecule has 0 radical (unpaired) electrons. The van der Waals surface area contributed by atoms with E-state index in [0.717, 1.165) is 0 Å². The van der Waals surface area contributed by atoms with Crippen LogP contribution in [0.25, 0.3) is 0 Å². The molecule has 0 aromatic heterocycles. The number of amides is 2. The van der Waals surface area contributed by atoms with Crippen LogP contribution in [0.15, 0.2) is 12.2 Å². The molecule has 0 spiro atoms. The van der Waals surface area contributed by atoms with Gasteiger partial charge >= 0.3 is 0 Å². The Hall–Kier alpha value is -1.40. The van der Waals surface area contributed by atoms with Crippen LogP contribution in [0, 0.1) is 0 Å². The van der Waals surface area contributed by atoms with Gasteiger partial charge in [0.2, 0.25) is 5.91 Å². The second-order valence-electron chi connectivity index (χ2n) is 2.02. The minimum Gasteiger partial charge on any atom is -0.294 e.